The van der Waals surface area contributed by atoms with Crippen LogP contribution >= 0.6 is 0 Å². The lowest BCUT2D eigenvalue weighted by atomic mass is 9.86. The van der Waals surface area contributed by atoms with Crippen molar-refractivity contribution in [3.05, 3.63) is 108 Å². The van der Waals surface area contributed by atoms with Gasteiger partial charge in [-0.1, -0.05) is 103 Å². The molecule has 1 atom stereocenters. The SMILES string of the molecule is CCC(CC1CCN(C(=O)OCc2ccccc2)CC1)C(=O)ON=C(c1ccccc1)c1ccccc1. The minimum absolute atomic E-state index is 0.238. The van der Waals surface area contributed by atoms with Gasteiger partial charge in [0.2, 0.25) is 0 Å². The van der Waals surface area contributed by atoms with Crippen LogP contribution in [0.2, 0.25) is 0 Å². The number of hydrogen-bond donors (Lipinski definition) is 0. The van der Waals surface area contributed by atoms with Gasteiger partial charge in [0.15, 0.2) is 0 Å². The van der Waals surface area contributed by atoms with Crippen molar-refractivity contribution in [3.8, 4) is 0 Å². The zero-order valence-electron chi connectivity index (χ0n) is 21.3. The van der Waals surface area contributed by atoms with Crippen LogP contribution in [0.25, 0.3) is 0 Å². The van der Waals surface area contributed by atoms with Gasteiger partial charge in [-0.05, 0) is 37.2 Å². The van der Waals surface area contributed by atoms with Crippen LogP contribution in [0.4, 0.5) is 4.79 Å². The smallest absolute Gasteiger partial charge is 0.410 e. The first-order valence-corrected chi connectivity index (χ1v) is 13.0. The highest BCUT2D eigenvalue weighted by atomic mass is 16.7. The molecule has 192 valence electrons. The molecule has 0 bridgehead atoms. The highest BCUT2D eigenvalue weighted by molar-refractivity contribution is 6.12. The Morgan fingerprint density at radius 1 is 0.865 bits per heavy atom. The lowest BCUT2D eigenvalue weighted by Crippen LogP contribution is -2.39. The lowest BCUT2D eigenvalue weighted by molar-refractivity contribution is -0.149. The summed E-state index contributed by atoms with van der Waals surface area (Å²) in [6, 6.07) is 29.1. The largest absolute Gasteiger partial charge is 0.445 e. The van der Waals surface area contributed by atoms with Gasteiger partial charge in [-0.2, -0.15) is 0 Å². The summed E-state index contributed by atoms with van der Waals surface area (Å²) in [5, 5.41) is 4.30. The molecular weight excluding hydrogens is 464 g/mol. The van der Waals surface area contributed by atoms with Gasteiger partial charge in [-0.3, -0.25) is 0 Å². The Bertz CT molecular complexity index is 1120. The summed E-state index contributed by atoms with van der Waals surface area (Å²) in [5.74, 6) is -0.197. The summed E-state index contributed by atoms with van der Waals surface area (Å²) in [6.45, 7) is 3.54. The van der Waals surface area contributed by atoms with Crippen molar-refractivity contribution in [1.82, 2.24) is 4.90 Å². The fourth-order valence-corrected chi connectivity index (χ4v) is 4.62. The van der Waals surface area contributed by atoms with E-state index in [-0.39, 0.29) is 24.6 Å². The molecule has 1 aliphatic heterocycles. The molecule has 1 amide bonds. The van der Waals surface area contributed by atoms with Crippen molar-refractivity contribution in [2.75, 3.05) is 13.1 Å². The maximum absolute atomic E-state index is 13.0. The van der Waals surface area contributed by atoms with Gasteiger partial charge in [0.25, 0.3) is 0 Å². The van der Waals surface area contributed by atoms with E-state index in [4.69, 9.17) is 9.57 Å². The summed E-state index contributed by atoms with van der Waals surface area (Å²) in [6.07, 6.45) is 2.81. The molecule has 0 aromatic heterocycles. The second kappa shape index (κ2) is 13.4. The van der Waals surface area contributed by atoms with Crippen LogP contribution in [0.5, 0.6) is 0 Å². The Hall–Kier alpha value is -3.93. The van der Waals surface area contributed by atoms with E-state index in [9.17, 15) is 9.59 Å². The molecule has 1 heterocycles. The van der Waals surface area contributed by atoms with Crippen LogP contribution in [0, 0.1) is 11.8 Å². The van der Waals surface area contributed by atoms with Crippen LogP contribution in [0.1, 0.15) is 49.3 Å². The molecule has 1 saturated heterocycles. The molecule has 3 aromatic carbocycles. The molecule has 0 radical (unpaired) electrons. The average Bonchev–Trinajstić information content (AvgIpc) is 2.96. The number of oxime groups is 1. The van der Waals surface area contributed by atoms with Gasteiger partial charge in [-0.15, -0.1) is 0 Å². The van der Waals surface area contributed by atoms with E-state index in [1.54, 1.807) is 4.90 Å². The summed E-state index contributed by atoms with van der Waals surface area (Å²) in [4.78, 5) is 32.7. The number of hydrogen-bond acceptors (Lipinski definition) is 5. The molecule has 6 nitrogen and oxygen atoms in total. The maximum Gasteiger partial charge on any atom is 0.410 e. The summed E-state index contributed by atoms with van der Waals surface area (Å²) < 4.78 is 5.47. The summed E-state index contributed by atoms with van der Waals surface area (Å²) in [7, 11) is 0. The maximum atomic E-state index is 13.0. The van der Waals surface area contributed by atoms with Crippen molar-refractivity contribution in [1.29, 1.82) is 0 Å². The number of piperidine rings is 1. The molecule has 1 fully saturated rings. The third kappa shape index (κ3) is 7.53. The number of likely N-dealkylation sites (tertiary alicyclic amines) is 1. The van der Waals surface area contributed by atoms with E-state index in [0.29, 0.717) is 31.1 Å². The first-order chi connectivity index (χ1) is 18.1. The third-order valence-corrected chi connectivity index (χ3v) is 6.84. The van der Waals surface area contributed by atoms with E-state index >= 15 is 0 Å². The first-order valence-electron chi connectivity index (χ1n) is 13.0. The summed E-state index contributed by atoms with van der Waals surface area (Å²) >= 11 is 0. The monoisotopic (exact) mass is 498 g/mol. The lowest BCUT2D eigenvalue weighted by Gasteiger charge is -2.32. The molecule has 0 aliphatic carbocycles. The van der Waals surface area contributed by atoms with Gasteiger partial charge >= 0.3 is 12.1 Å². The third-order valence-electron chi connectivity index (χ3n) is 6.84. The van der Waals surface area contributed by atoms with E-state index in [2.05, 4.69) is 5.16 Å². The molecule has 6 heteroatoms. The van der Waals surface area contributed by atoms with Crippen molar-refractivity contribution in [2.24, 2.45) is 17.0 Å². The molecule has 0 spiro atoms. The Morgan fingerprint density at radius 3 is 1.95 bits per heavy atom. The van der Waals surface area contributed by atoms with Crippen LogP contribution in [0.15, 0.2) is 96.2 Å². The predicted octanol–water partition coefficient (Wildman–Crippen LogP) is 6.45. The second-order valence-corrected chi connectivity index (χ2v) is 9.39. The molecule has 37 heavy (non-hydrogen) atoms. The van der Waals surface area contributed by atoms with Crippen LogP contribution in [-0.2, 0) is 21.0 Å². The van der Waals surface area contributed by atoms with Crippen molar-refractivity contribution < 1.29 is 19.2 Å². The Kier molecular flexibility index (Phi) is 9.47. The van der Waals surface area contributed by atoms with E-state index in [0.717, 1.165) is 36.0 Å². The molecule has 4 rings (SSSR count). The normalized spacial score (nSPS) is 14.5. The number of nitrogens with zero attached hydrogens (tertiary/aromatic N) is 2. The zero-order chi connectivity index (χ0) is 25.9. The quantitative estimate of drug-likeness (QED) is 0.193. The van der Waals surface area contributed by atoms with Crippen LogP contribution < -0.4 is 0 Å². The zero-order valence-corrected chi connectivity index (χ0v) is 21.3. The van der Waals surface area contributed by atoms with Crippen molar-refractivity contribution >= 4 is 17.8 Å². The number of carbonyl (C=O) groups excluding carboxylic acids is 2. The predicted molar refractivity (Wildman–Crippen MR) is 144 cm³/mol. The van der Waals surface area contributed by atoms with Crippen LogP contribution in [0.3, 0.4) is 0 Å². The molecule has 1 unspecified atom stereocenters. The van der Waals surface area contributed by atoms with Gasteiger partial charge in [0.05, 0.1) is 5.92 Å². The topological polar surface area (TPSA) is 68.2 Å². The highest BCUT2D eigenvalue weighted by Crippen LogP contribution is 2.27. The van der Waals surface area contributed by atoms with E-state index in [1.807, 2.05) is 97.9 Å². The van der Waals surface area contributed by atoms with Crippen molar-refractivity contribution in [2.45, 2.75) is 39.2 Å². The fourth-order valence-electron chi connectivity index (χ4n) is 4.62. The molecule has 0 N–H and O–H groups in total. The van der Waals surface area contributed by atoms with Gasteiger partial charge in [0.1, 0.15) is 12.3 Å². The number of ether oxygens (including phenoxy) is 1. The first kappa shape index (κ1) is 26.1. The Labute approximate surface area is 218 Å². The van der Waals surface area contributed by atoms with Crippen molar-refractivity contribution in [3.63, 3.8) is 0 Å². The number of carbonyl (C=O) groups is 2. The molecule has 1 aliphatic rings. The highest BCUT2D eigenvalue weighted by Gasteiger charge is 2.28. The minimum Gasteiger partial charge on any atom is -0.445 e. The van der Waals surface area contributed by atoms with Crippen LogP contribution in [-0.4, -0.2) is 35.8 Å². The summed E-state index contributed by atoms with van der Waals surface area (Å²) in [5.41, 5.74) is 3.38. The Balaban J connectivity index is 1.30. The number of amides is 1. The van der Waals surface area contributed by atoms with E-state index in [1.165, 1.54) is 0 Å². The Morgan fingerprint density at radius 2 is 1.41 bits per heavy atom. The van der Waals surface area contributed by atoms with E-state index < -0.39 is 0 Å². The van der Waals surface area contributed by atoms with Gasteiger partial charge in [0, 0.05) is 24.2 Å². The number of benzene rings is 3. The van der Waals surface area contributed by atoms with Gasteiger partial charge < -0.3 is 14.5 Å². The number of rotatable bonds is 9. The van der Waals surface area contributed by atoms with Gasteiger partial charge in [-0.25, -0.2) is 9.59 Å². The molecule has 3 aromatic rings. The minimum atomic E-state index is -0.309. The molecule has 0 saturated carbocycles. The standard InChI is InChI=1S/C31H34N2O4/c1-2-26(22-24-18-20-33(21-19-24)31(35)36-23-25-12-6-3-7-13-25)30(34)37-32-29(27-14-8-4-9-15-27)28-16-10-5-11-17-28/h3-17,24,26H,2,18-23H2,1H3. The fraction of sp³-hybridized carbons (Fsp3) is 0.323. The second-order valence-electron chi connectivity index (χ2n) is 9.39. The molecular formula is C31H34N2O4. The average molecular weight is 499 g/mol.